The molecule has 0 bridgehead atoms. The fourth-order valence-electron chi connectivity index (χ4n) is 0.352. The summed E-state index contributed by atoms with van der Waals surface area (Å²) in [4.78, 5) is 0. The zero-order valence-corrected chi connectivity index (χ0v) is 6.16. The van der Waals surface area contributed by atoms with Gasteiger partial charge in [0, 0.05) is 19.6 Å². The SMILES string of the molecule is Cl.NCCNC(N)CN. The Kier molecular flexibility index (Phi) is 10.7. The highest BCUT2D eigenvalue weighted by Crippen LogP contribution is 1.60. The van der Waals surface area contributed by atoms with Gasteiger partial charge in [0.2, 0.25) is 0 Å². The fourth-order valence-corrected chi connectivity index (χ4v) is 0.352. The number of nitrogens with one attached hydrogen (secondary N) is 1. The Morgan fingerprint density at radius 3 is 2.22 bits per heavy atom. The average Bonchev–Trinajstić information content (AvgIpc) is 1.83. The first kappa shape index (κ1) is 11.9. The van der Waals surface area contributed by atoms with Crippen LogP contribution in [-0.2, 0) is 0 Å². The molecule has 0 saturated carbocycles. The van der Waals surface area contributed by atoms with E-state index < -0.39 is 0 Å². The standard InChI is InChI=1S/C4H14N4.ClH/c5-1-2-8-4(7)3-6;/h4,8H,1-3,5-7H2;1H. The maximum absolute atomic E-state index is 5.37. The molecule has 0 radical (unpaired) electrons. The van der Waals surface area contributed by atoms with Crippen LogP contribution in [-0.4, -0.2) is 25.8 Å². The Morgan fingerprint density at radius 1 is 1.33 bits per heavy atom. The molecular weight excluding hydrogens is 140 g/mol. The molecule has 5 heteroatoms. The van der Waals surface area contributed by atoms with E-state index in [2.05, 4.69) is 5.32 Å². The largest absolute Gasteiger partial charge is 0.329 e. The van der Waals surface area contributed by atoms with Crippen LogP contribution in [0.25, 0.3) is 0 Å². The van der Waals surface area contributed by atoms with Gasteiger partial charge in [-0.25, -0.2) is 0 Å². The predicted octanol–water partition coefficient (Wildman–Crippen LogP) is -1.80. The lowest BCUT2D eigenvalue weighted by atomic mass is 10.5. The van der Waals surface area contributed by atoms with Crippen molar-refractivity contribution in [1.82, 2.24) is 5.32 Å². The molecule has 1 atom stereocenters. The summed E-state index contributed by atoms with van der Waals surface area (Å²) in [6.45, 7) is 1.80. The number of rotatable bonds is 4. The van der Waals surface area contributed by atoms with Crippen LogP contribution in [0.2, 0.25) is 0 Å². The molecule has 7 N–H and O–H groups in total. The monoisotopic (exact) mass is 154 g/mol. The molecule has 9 heavy (non-hydrogen) atoms. The van der Waals surface area contributed by atoms with Gasteiger partial charge in [-0.2, -0.15) is 0 Å². The van der Waals surface area contributed by atoms with Crippen molar-refractivity contribution in [2.45, 2.75) is 6.17 Å². The van der Waals surface area contributed by atoms with E-state index in [0.717, 1.165) is 6.54 Å². The Bertz CT molecular complexity index is 51.8. The lowest BCUT2D eigenvalue weighted by Gasteiger charge is -2.08. The minimum Gasteiger partial charge on any atom is -0.329 e. The number of nitrogens with two attached hydrogens (primary N) is 3. The lowest BCUT2D eigenvalue weighted by molar-refractivity contribution is 0.543. The quantitative estimate of drug-likeness (QED) is 0.360. The number of hydrogen-bond acceptors (Lipinski definition) is 4. The summed E-state index contributed by atoms with van der Waals surface area (Å²) in [6, 6.07) is 0. The molecule has 4 nitrogen and oxygen atoms in total. The third-order valence-corrected chi connectivity index (χ3v) is 0.805. The van der Waals surface area contributed by atoms with Crippen LogP contribution in [0.3, 0.4) is 0 Å². The Labute approximate surface area is 61.6 Å². The van der Waals surface area contributed by atoms with Crippen molar-refractivity contribution in [1.29, 1.82) is 0 Å². The highest BCUT2D eigenvalue weighted by atomic mass is 35.5. The van der Waals surface area contributed by atoms with E-state index >= 15 is 0 Å². The van der Waals surface area contributed by atoms with Gasteiger partial charge < -0.3 is 17.2 Å². The van der Waals surface area contributed by atoms with Crippen molar-refractivity contribution in [3.8, 4) is 0 Å². The van der Waals surface area contributed by atoms with Gasteiger partial charge in [0.15, 0.2) is 0 Å². The van der Waals surface area contributed by atoms with Crippen LogP contribution in [0.4, 0.5) is 0 Å². The van der Waals surface area contributed by atoms with E-state index in [1.807, 2.05) is 0 Å². The van der Waals surface area contributed by atoms with Crippen molar-refractivity contribution < 1.29 is 0 Å². The van der Waals surface area contributed by atoms with Gasteiger partial charge in [-0.3, -0.25) is 5.32 Å². The summed E-state index contributed by atoms with van der Waals surface area (Å²) in [5.74, 6) is 0. The summed E-state index contributed by atoms with van der Waals surface area (Å²) in [7, 11) is 0. The zero-order chi connectivity index (χ0) is 6.41. The van der Waals surface area contributed by atoms with Crippen LogP contribution >= 0.6 is 12.4 Å². The van der Waals surface area contributed by atoms with E-state index in [-0.39, 0.29) is 18.6 Å². The molecule has 0 spiro atoms. The first-order valence-electron chi connectivity index (χ1n) is 2.70. The van der Waals surface area contributed by atoms with E-state index in [1.54, 1.807) is 0 Å². The highest BCUT2D eigenvalue weighted by molar-refractivity contribution is 5.85. The molecular formula is C4H15ClN4. The third kappa shape index (κ3) is 8.13. The second-order valence-corrected chi connectivity index (χ2v) is 1.58. The van der Waals surface area contributed by atoms with Crippen LogP contribution < -0.4 is 22.5 Å². The topological polar surface area (TPSA) is 90.1 Å². The minimum atomic E-state index is -0.0986. The van der Waals surface area contributed by atoms with Gasteiger partial charge in [0.25, 0.3) is 0 Å². The fraction of sp³-hybridized carbons (Fsp3) is 1.00. The maximum Gasteiger partial charge on any atom is 0.0673 e. The molecule has 0 heterocycles. The Morgan fingerprint density at radius 2 is 1.89 bits per heavy atom. The van der Waals surface area contributed by atoms with Gasteiger partial charge in [-0.05, 0) is 0 Å². The Balaban J connectivity index is 0. The van der Waals surface area contributed by atoms with Crippen LogP contribution in [0.1, 0.15) is 0 Å². The summed E-state index contributed by atoms with van der Waals surface area (Å²) in [6.07, 6.45) is -0.0986. The van der Waals surface area contributed by atoms with Crippen molar-refractivity contribution in [2.24, 2.45) is 17.2 Å². The van der Waals surface area contributed by atoms with E-state index in [0.29, 0.717) is 13.1 Å². The number of hydrogen-bond donors (Lipinski definition) is 4. The first-order valence-corrected chi connectivity index (χ1v) is 2.70. The predicted molar refractivity (Wildman–Crippen MR) is 41.3 cm³/mol. The van der Waals surface area contributed by atoms with Crippen molar-refractivity contribution in [3.05, 3.63) is 0 Å². The molecule has 58 valence electrons. The third-order valence-electron chi connectivity index (χ3n) is 0.805. The van der Waals surface area contributed by atoms with Crippen LogP contribution in [0, 0.1) is 0 Å². The summed E-state index contributed by atoms with van der Waals surface area (Å²) in [5, 5.41) is 2.91. The molecule has 0 saturated heterocycles. The zero-order valence-electron chi connectivity index (χ0n) is 5.34. The molecule has 0 fully saturated rings. The molecule has 0 aromatic carbocycles. The van der Waals surface area contributed by atoms with Gasteiger partial charge in [-0.15, -0.1) is 12.4 Å². The van der Waals surface area contributed by atoms with Crippen LogP contribution in [0.5, 0.6) is 0 Å². The number of halogens is 1. The molecule has 0 aliphatic carbocycles. The summed E-state index contributed by atoms with van der Waals surface area (Å²) < 4.78 is 0. The molecule has 1 unspecified atom stereocenters. The second-order valence-electron chi connectivity index (χ2n) is 1.58. The smallest absolute Gasteiger partial charge is 0.0673 e. The minimum absolute atomic E-state index is 0. The molecule has 0 aromatic rings. The molecule has 0 aliphatic rings. The van der Waals surface area contributed by atoms with Crippen LogP contribution in [0.15, 0.2) is 0 Å². The van der Waals surface area contributed by atoms with Gasteiger partial charge in [0.05, 0.1) is 6.17 Å². The maximum atomic E-state index is 5.37. The van der Waals surface area contributed by atoms with Crippen molar-refractivity contribution in [3.63, 3.8) is 0 Å². The summed E-state index contributed by atoms with van der Waals surface area (Å²) >= 11 is 0. The van der Waals surface area contributed by atoms with Crippen molar-refractivity contribution in [2.75, 3.05) is 19.6 Å². The molecule has 0 amide bonds. The van der Waals surface area contributed by atoms with E-state index in [1.165, 1.54) is 0 Å². The molecule has 0 aliphatic heterocycles. The van der Waals surface area contributed by atoms with Gasteiger partial charge in [-0.1, -0.05) is 0 Å². The summed E-state index contributed by atoms with van der Waals surface area (Å²) in [5.41, 5.74) is 15.7. The molecule has 0 aromatic heterocycles. The van der Waals surface area contributed by atoms with Crippen molar-refractivity contribution >= 4 is 12.4 Å². The van der Waals surface area contributed by atoms with Gasteiger partial charge in [0.1, 0.15) is 0 Å². The normalized spacial score (nSPS) is 12.3. The van der Waals surface area contributed by atoms with E-state index in [9.17, 15) is 0 Å². The second kappa shape index (κ2) is 8.13. The lowest BCUT2D eigenvalue weighted by Crippen LogP contribution is -2.45. The highest BCUT2D eigenvalue weighted by Gasteiger charge is 1.92. The average molecular weight is 155 g/mol. The van der Waals surface area contributed by atoms with E-state index in [4.69, 9.17) is 17.2 Å². The first-order chi connectivity index (χ1) is 3.81. The van der Waals surface area contributed by atoms with Gasteiger partial charge >= 0.3 is 0 Å². The molecule has 0 rings (SSSR count). The Hall–Kier alpha value is 0.130.